The van der Waals surface area contributed by atoms with E-state index in [0.29, 0.717) is 5.92 Å². The summed E-state index contributed by atoms with van der Waals surface area (Å²) < 4.78 is 0. The van der Waals surface area contributed by atoms with Crippen LogP contribution in [0.15, 0.2) is 24.3 Å². The van der Waals surface area contributed by atoms with Crippen molar-refractivity contribution in [1.82, 2.24) is 0 Å². The third-order valence-corrected chi connectivity index (χ3v) is 3.30. The smallest absolute Gasteiger partial charge is 0.0606 e. The number of aryl methyl sites for hydroxylation is 1. The van der Waals surface area contributed by atoms with Gasteiger partial charge in [0.1, 0.15) is 0 Å². The first-order valence-corrected chi connectivity index (χ1v) is 5.58. The molecule has 0 amide bonds. The van der Waals surface area contributed by atoms with E-state index in [4.69, 9.17) is 0 Å². The molecule has 1 heteroatoms. The van der Waals surface area contributed by atoms with E-state index >= 15 is 0 Å². The van der Waals surface area contributed by atoms with Crippen molar-refractivity contribution < 1.29 is 5.11 Å². The summed E-state index contributed by atoms with van der Waals surface area (Å²) in [7, 11) is 0. The number of rotatable bonds is 2. The van der Waals surface area contributed by atoms with Crippen molar-refractivity contribution in [3.63, 3.8) is 0 Å². The summed E-state index contributed by atoms with van der Waals surface area (Å²) in [5.74, 6) is 0.380. The summed E-state index contributed by atoms with van der Waals surface area (Å²) in [6, 6.07) is 8.56. The number of benzene rings is 1. The highest BCUT2D eigenvalue weighted by Crippen LogP contribution is 2.34. The first kappa shape index (κ1) is 9.72. The minimum Gasteiger partial charge on any atom is -0.393 e. The summed E-state index contributed by atoms with van der Waals surface area (Å²) in [6.07, 6.45) is 4.25. The topological polar surface area (TPSA) is 20.2 Å². The summed E-state index contributed by atoms with van der Waals surface area (Å²) in [6.45, 7) is 2.06. The zero-order chi connectivity index (χ0) is 9.97. The predicted molar refractivity (Wildman–Crippen MR) is 58.4 cm³/mol. The molecule has 14 heavy (non-hydrogen) atoms. The molecule has 0 aromatic heterocycles. The van der Waals surface area contributed by atoms with E-state index in [-0.39, 0.29) is 6.10 Å². The van der Waals surface area contributed by atoms with Gasteiger partial charge in [-0.2, -0.15) is 0 Å². The molecule has 0 heterocycles. The minimum atomic E-state index is -0.156. The Hall–Kier alpha value is -0.820. The van der Waals surface area contributed by atoms with Gasteiger partial charge in [-0.3, -0.25) is 0 Å². The number of hydrogen-bond acceptors (Lipinski definition) is 1. The number of aliphatic hydroxyl groups excluding tert-OH is 1. The molecule has 2 rings (SSSR count). The first-order valence-electron chi connectivity index (χ1n) is 5.58. The summed E-state index contributed by atoms with van der Waals surface area (Å²) in [4.78, 5) is 0. The van der Waals surface area contributed by atoms with E-state index in [1.54, 1.807) is 0 Å². The molecule has 1 N–H and O–H groups in total. The molecular formula is C13H18O. The van der Waals surface area contributed by atoms with Crippen molar-refractivity contribution in [3.8, 4) is 0 Å². The summed E-state index contributed by atoms with van der Waals surface area (Å²) in [5, 5.41) is 9.93. The van der Waals surface area contributed by atoms with E-state index in [1.807, 2.05) is 0 Å². The van der Waals surface area contributed by atoms with Crippen LogP contribution < -0.4 is 0 Å². The average Bonchev–Trinajstić information content (AvgIpc) is 2.27. The Bertz CT molecular complexity index is 306. The van der Waals surface area contributed by atoms with Gasteiger partial charge in [-0.15, -0.1) is 0 Å². The van der Waals surface area contributed by atoms with Gasteiger partial charge in [-0.05, 0) is 36.8 Å². The number of fused-ring (bicyclic) bond motifs is 1. The highest BCUT2D eigenvalue weighted by Gasteiger charge is 2.24. The lowest BCUT2D eigenvalue weighted by molar-refractivity contribution is 0.130. The monoisotopic (exact) mass is 190 g/mol. The molecular weight excluding hydrogens is 172 g/mol. The van der Waals surface area contributed by atoms with Crippen molar-refractivity contribution >= 4 is 0 Å². The van der Waals surface area contributed by atoms with Crippen LogP contribution in [-0.4, -0.2) is 11.2 Å². The Morgan fingerprint density at radius 2 is 2.21 bits per heavy atom. The van der Waals surface area contributed by atoms with Crippen molar-refractivity contribution in [2.45, 2.75) is 44.6 Å². The van der Waals surface area contributed by atoms with Crippen LogP contribution in [0.5, 0.6) is 0 Å². The van der Waals surface area contributed by atoms with Crippen LogP contribution >= 0.6 is 0 Å². The van der Waals surface area contributed by atoms with Gasteiger partial charge in [0.15, 0.2) is 0 Å². The molecule has 2 atom stereocenters. The van der Waals surface area contributed by atoms with E-state index in [0.717, 1.165) is 12.8 Å². The lowest BCUT2D eigenvalue weighted by Gasteiger charge is -2.28. The van der Waals surface area contributed by atoms with Gasteiger partial charge in [0.05, 0.1) is 6.10 Å². The van der Waals surface area contributed by atoms with Gasteiger partial charge in [-0.25, -0.2) is 0 Å². The maximum Gasteiger partial charge on any atom is 0.0606 e. The van der Waals surface area contributed by atoms with E-state index in [1.165, 1.54) is 24.0 Å². The first-order chi connectivity index (χ1) is 6.83. The Morgan fingerprint density at radius 3 is 3.00 bits per heavy atom. The fraction of sp³-hybridized carbons (Fsp3) is 0.538. The van der Waals surface area contributed by atoms with Crippen LogP contribution in [0.4, 0.5) is 0 Å². The van der Waals surface area contributed by atoms with Crippen LogP contribution in [0.2, 0.25) is 0 Å². The van der Waals surface area contributed by atoms with Crippen LogP contribution in [-0.2, 0) is 6.42 Å². The van der Waals surface area contributed by atoms with Crippen molar-refractivity contribution in [2.75, 3.05) is 0 Å². The second-order valence-corrected chi connectivity index (χ2v) is 4.17. The number of aliphatic hydroxyl groups is 1. The van der Waals surface area contributed by atoms with Crippen molar-refractivity contribution in [3.05, 3.63) is 35.4 Å². The Morgan fingerprint density at radius 1 is 1.43 bits per heavy atom. The fourth-order valence-electron chi connectivity index (χ4n) is 2.48. The largest absolute Gasteiger partial charge is 0.393 e. The Kier molecular flexibility index (Phi) is 2.87. The molecule has 1 aliphatic rings. The second kappa shape index (κ2) is 4.14. The maximum atomic E-state index is 9.93. The molecule has 0 saturated heterocycles. The van der Waals surface area contributed by atoms with E-state index in [2.05, 4.69) is 31.2 Å². The van der Waals surface area contributed by atoms with Crippen LogP contribution in [0.25, 0.3) is 0 Å². The van der Waals surface area contributed by atoms with Crippen LogP contribution in [0.1, 0.15) is 43.2 Å². The minimum absolute atomic E-state index is 0.156. The lowest BCUT2D eigenvalue weighted by atomic mass is 9.79. The average molecular weight is 190 g/mol. The summed E-state index contributed by atoms with van der Waals surface area (Å²) >= 11 is 0. The van der Waals surface area contributed by atoms with Crippen molar-refractivity contribution in [1.29, 1.82) is 0 Å². The SMILES string of the molecule is CCC(O)C1CCCc2ccccc21. The van der Waals surface area contributed by atoms with Gasteiger partial charge in [-0.1, -0.05) is 31.2 Å². The quantitative estimate of drug-likeness (QED) is 0.760. The standard InChI is InChI=1S/C13H18O/c1-2-13(14)12-9-5-7-10-6-3-4-8-11(10)12/h3-4,6,8,12-14H,2,5,7,9H2,1H3. The molecule has 2 unspecified atom stereocenters. The molecule has 1 aromatic rings. The second-order valence-electron chi connectivity index (χ2n) is 4.17. The normalized spacial score (nSPS) is 22.9. The molecule has 0 bridgehead atoms. The number of hydrogen-bond donors (Lipinski definition) is 1. The zero-order valence-electron chi connectivity index (χ0n) is 8.74. The highest BCUT2D eigenvalue weighted by atomic mass is 16.3. The predicted octanol–water partition coefficient (Wildman–Crippen LogP) is 2.88. The van der Waals surface area contributed by atoms with Crippen LogP contribution in [0.3, 0.4) is 0 Å². The Balaban J connectivity index is 2.30. The zero-order valence-corrected chi connectivity index (χ0v) is 8.74. The molecule has 1 aliphatic carbocycles. The molecule has 0 radical (unpaired) electrons. The third kappa shape index (κ3) is 1.69. The van der Waals surface area contributed by atoms with Gasteiger partial charge < -0.3 is 5.11 Å². The lowest BCUT2D eigenvalue weighted by Crippen LogP contribution is -2.22. The Labute approximate surface area is 85.8 Å². The highest BCUT2D eigenvalue weighted by molar-refractivity contribution is 5.33. The van der Waals surface area contributed by atoms with Crippen molar-refractivity contribution in [2.24, 2.45) is 0 Å². The van der Waals surface area contributed by atoms with Crippen LogP contribution in [0, 0.1) is 0 Å². The molecule has 0 saturated carbocycles. The van der Waals surface area contributed by atoms with Gasteiger partial charge in [0, 0.05) is 5.92 Å². The van der Waals surface area contributed by atoms with Gasteiger partial charge >= 0.3 is 0 Å². The van der Waals surface area contributed by atoms with Gasteiger partial charge in [0.25, 0.3) is 0 Å². The maximum absolute atomic E-state index is 9.93. The molecule has 0 spiro atoms. The fourth-order valence-corrected chi connectivity index (χ4v) is 2.48. The summed E-state index contributed by atoms with van der Waals surface area (Å²) in [5.41, 5.74) is 2.82. The molecule has 76 valence electrons. The van der Waals surface area contributed by atoms with Gasteiger partial charge in [0.2, 0.25) is 0 Å². The molecule has 1 aromatic carbocycles. The molecule has 0 aliphatic heterocycles. The third-order valence-electron chi connectivity index (χ3n) is 3.30. The van der Waals surface area contributed by atoms with E-state index in [9.17, 15) is 5.11 Å². The van der Waals surface area contributed by atoms with E-state index < -0.39 is 0 Å². The molecule has 0 fully saturated rings. The molecule has 1 nitrogen and oxygen atoms in total.